The topological polar surface area (TPSA) is 85.8 Å². The van der Waals surface area contributed by atoms with Crippen LogP contribution in [0.2, 0.25) is 5.02 Å². The van der Waals surface area contributed by atoms with Gasteiger partial charge in [0.1, 0.15) is 5.82 Å². The van der Waals surface area contributed by atoms with Gasteiger partial charge in [0.15, 0.2) is 16.6 Å². The fourth-order valence-electron chi connectivity index (χ4n) is 8.64. The lowest BCUT2D eigenvalue weighted by atomic mass is 9.49. The molecule has 6 aromatic rings. The molecule has 0 aliphatic heterocycles. The van der Waals surface area contributed by atoms with Gasteiger partial charge in [0.2, 0.25) is 0 Å². The molecule has 0 radical (unpaired) electrons. The van der Waals surface area contributed by atoms with Gasteiger partial charge in [-0.15, -0.1) is 10.2 Å². The second-order valence-electron chi connectivity index (χ2n) is 13.0. The van der Waals surface area contributed by atoms with E-state index < -0.39 is 0 Å². The molecule has 10 rings (SSSR count). The number of nitrogens with zero attached hydrogens (tertiary/aromatic N) is 7. The molecule has 5 heterocycles. The highest BCUT2D eigenvalue weighted by atomic mass is 35.5. The van der Waals surface area contributed by atoms with E-state index in [-0.39, 0.29) is 0 Å². The van der Waals surface area contributed by atoms with Crippen LogP contribution < -0.4 is 5.32 Å². The number of pyridine rings is 2. The zero-order valence-electron chi connectivity index (χ0n) is 23.9. The molecular formula is C33H31ClN8S. The Morgan fingerprint density at radius 1 is 0.953 bits per heavy atom. The van der Waals surface area contributed by atoms with Crippen LogP contribution in [0.3, 0.4) is 0 Å². The average molecular weight is 607 g/mol. The third-order valence-corrected chi connectivity index (χ3v) is 11.4. The summed E-state index contributed by atoms with van der Waals surface area (Å²) >= 11 is 8.62. The van der Waals surface area contributed by atoms with Gasteiger partial charge in [-0.2, -0.15) is 5.10 Å². The van der Waals surface area contributed by atoms with Crippen LogP contribution >= 0.6 is 22.9 Å². The van der Waals surface area contributed by atoms with E-state index in [1.54, 1.807) is 17.5 Å². The third kappa shape index (κ3) is 4.27. The normalized spacial score (nSPS) is 24.4. The Labute approximate surface area is 258 Å². The molecule has 4 bridgehead atoms. The maximum Gasteiger partial charge on any atom is 0.189 e. The smallest absolute Gasteiger partial charge is 0.189 e. The van der Waals surface area contributed by atoms with Crippen LogP contribution in [0, 0.1) is 30.1 Å². The van der Waals surface area contributed by atoms with Crippen molar-refractivity contribution in [3.8, 4) is 22.5 Å². The van der Waals surface area contributed by atoms with Crippen LogP contribution in [0.15, 0.2) is 61.1 Å². The highest BCUT2D eigenvalue weighted by Gasteiger charge is 2.51. The maximum absolute atomic E-state index is 7.02. The first-order chi connectivity index (χ1) is 21.0. The van der Waals surface area contributed by atoms with Gasteiger partial charge in [0.05, 0.1) is 21.4 Å². The quantitative estimate of drug-likeness (QED) is 0.206. The molecular weight excluding hydrogens is 576 g/mol. The van der Waals surface area contributed by atoms with Crippen LogP contribution in [0.4, 0.5) is 10.9 Å². The Bertz CT molecular complexity index is 1940. The SMILES string of the molecule is Cc1c(-c2ccn3c(-c4ccc(Nc5nc6ccccc6s5)nc4)nnc3c2Cl)cnn1CC12CC3CC(CC(C3)C1)C2. The first-order valence-corrected chi connectivity index (χ1v) is 16.3. The van der Waals surface area contributed by atoms with Crippen molar-refractivity contribution in [2.45, 2.75) is 52.0 Å². The van der Waals surface area contributed by atoms with E-state index >= 15 is 0 Å². The number of aromatic nitrogens is 7. The molecule has 0 unspecified atom stereocenters. The van der Waals surface area contributed by atoms with Crippen LogP contribution in [-0.4, -0.2) is 34.3 Å². The van der Waals surface area contributed by atoms with Crippen LogP contribution in [-0.2, 0) is 6.54 Å². The fraction of sp³-hybridized carbons (Fsp3) is 0.364. The number of para-hydroxylation sites is 1. The Morgan fingerprint density at radius 2 is 1.74 bits per heavy atom. The molecule has 4 aliphatic rings. The van der Waals surface area contributed by atoms with Crippen molar-refractivity contribution < 1.29 is 0 Å². The summed E-state index contributed by atoms with van der Waals surface area (Å²) in [4.78, 5) is 9.26. The van der Waals surface area contributed by atoms with Crippen molar-refractivity contribution >= 4 is 49.8 Å². The predicted molar refractivity (Wildman–Crippen MR) is 171 cm³/mol. The van der Waals surface area contributed by atoms with Crippen molar-refractivity contribution in [3.63, 3.8) is 0 Å². The van der Waals surface area contributed by atoms with Gasteiger partial charge in [-0.25, -0.2) is 9.97 Å². The summed E-state index contributed by atoms with van der Waals surface area (Å²) in [6.45, 7) is 3.20. The Kier molecular flexibility index (Phi) is 5.72. The highest BCUT2D eigenvalue weighted by molar-refractivity contribution is 7.22. The number of thiazole rings is 1. The molecule has 0 saturated heterocycles. The minimum atomic E-state index is 0.423. The standard InChI is InChI=1S/C33H31ClN8S/c1-19-25(17-36-42(19)18-33-13-20-10-21(14-33)12-22(11-20)15-33)24-8-9-41-30(39-40-31(41)29(24)34)23-6-7-28(35-16-23)38-32-37-26-4-2-3-5-27(26)43-32/h2-9,16-17,20-22H,10-15,18H2,1H3,(H,35,37,38). The molecule has 1 N–H and O–H groups in total. The number of nitrogens with one attached hydrogen (secondary N) is 1. The van der Waals surface area contributed by atoms with Crippen LogP contribution in [0.1, 0.15) is 44.2 Å². The van der Waals surface area contributed by atoms with Gasteiger partial charge >= 0.3 is 0 Å². The summed E-state index contributed by atoms with van der Waals surface area (Å²) in [5, 5.41) is 18.6. The van der Waals surface area contributed by atoms with E-state index in [1.807, 2.05) is 47.1 Å². The molecule has 8 nitrogen and oxygen atoms in total. The molecule has 10 heteroatoms. The molecule has 4 fully saturated rings. The van der Waals surface area contributed by atoms with Crippen LogP contribution in [0.25, 0.3) is 38.4 Å². The minimum absolute atomic E-state index is 0.423. The monoisotopic (exact) mass is 606 g/mol. The predicted octanol–water partition coefficient (Wildman–Crippen LogP) is 8.19. The van der Waals surface area contributed by atoms with Crippen molar-refractivity contribution in [1.29, 1.82) is 0 Å². The second-order valence-corrected chi connectivity index (χ2v) is 14.4. The summed E-state index contributed by atoms with van der Waals surface area (Å²) in [7, 11) is 0. The fourth-order valence-corrected chi connectivity index (χ4v) is 9.80. The molecule has 4 aliphatic carbocycles. The zero-order valence-corrected chi connectivity index (χ0v) is 25.4. The first kappa shape index (κ1) is 25.7. The van der Waals surface area contributed by atoms with Crippen molar-refractivity contribution in [1.82, 2.24) is 34.3 Å². The van der Waals surface area contributed by atoms with E-state index in [9.17, 15) is 0 Å². The summed E-state index contributed by atoms with van der Waals surface area (Å²) in [6, 6.07) is 14.1. The Hall–Kier alpha value is -3.82. The maximum atomic E-state index is 7.02. The number of anilines is 2. The molecule has 0 atom stereocenters. The Balaban J connectivity index is 0.974. The lowest BCUT2D eigenvalue weighted by Crippen LogP contribution is -2.48. The zero-order chi connectivity index (χ0) is 28.7. The van der Waals surface area contributed by atoms with E-state index in [2.05, 4.69) is 49.2 Å². The molecule has 0 amide bonds. The average Bonchev–Trinajstić information content (AvgIpc) is 3.70. The largest absolute Gasteiger partial charge is 0.316 e. The van der Waals surface area contributed by atoms with Gasteiger partial charge in [-0.05, 0) is 98.9 Å². The van der Waals surface area contributed by atoms with E-state index in [0.717, 1.165) is 62.2 Å². The van der Waals surface area contributed by atoms with Gasteiger partial charge in [0.25, 0.3) is 0 Å². The second kappa shape index (κ2) is 9.59. The van der Waals surface area contributed by atoms with E-state index in [1.165, 1.54) is 44.2 Å². The van der Waals surface area contributed by atoms with Crippen molar-refractivity contribution in [2.24, 2.45) is 23.2 Å². The number of rotatable bonds is 6. The molecule has 5 aromatic heterocycles. The number of hydrogen-bond donors (Lipinski definition) is 1. The number of benzene rings is 1. The van der Waals surface area contributed by atoms with Crippen LogP contribution in [0.5, 0.6) is 0 Å². The Morgan fingerprint density at radius 3 is 2.49 bits per heavy atom. The summed E-state index contributed by atoms with van der Waals surface area (Å²) in [5.74, 6) is 4.21. The molecule has 216 valence electrons. The number of halogens is 1. The van der Waals surface area contributed by atoms with Gasteiger partial charge in [-0.1, -0.05) is 35.1 Å². The summed E-state index contributed by atoms with van der Waals surface area (Å²) < 4.78 is 5.31. The molecule has 43 heavy (non-hydrogen) atoms. The molecule has 0 spiro atoms. The first-order valence-electron chi connectivity index (χ1n) is 15.2. The summed E-state index contributed by atoms with van der Waals surface area (Å²) in [5.41, 5.74) is 6.05. The molecule has 1 aromatic carbocycles. The van der Waals surface area contributed by atoms with Crippen molar-refractivity contribution in [2.75, 3.05) is 5.32 Å². The lowest BCUT2D eigenvalue weighted by Gasteiger charge is -2.56. The third-order valence-electron chi connectivity index (χ3n) is 10.1. The van der Waals surface area contributed by atoms with E-state index in [0.29, 0.717) is 21.9 Å². The number of hydrogen-bond acceptors (Lipinski definition) is 7. The lowest BCUT2D eigenvalue weighted by molar-refractivity contribution is -0.0638. The van der Waals surface area contributed by atoms with Crippen molar-refractivity contribution in [3.05, 3.63) is 71.8 Å². The minimum Gasteiger partial charge on any atom is -0.316 e. The van der Waals surface area contributed by atoms with E-state index in [4.69, 9.17) is 16.7 Å². The number of fused-ring (bicyclic) bond motifs is 2. The molecule has 4 saturated carbocycles. The van der Waals surface area contributed by atoms with Gasteiger partial charge in [-0.3, -0.25) is 9.08 Å². The van der Waals surface area contributed by atoms with Gasteiger partial charge < -0.3 is 5.32 Å². The highest BCUT2D eigenvalue weighted by Crippen LogP contribution is 2.60. The summed E-state index contributed by atoms with van der Waals surface area (Å²) in [6.07, 6.45) is 14.3. The van der Waals surface area contributed by atoms with Gasteiger partial charge in [0, 0.05) is 41.3 Å².